The molecule has 2 saturated heterocycles. The first-order valence-corrected chi connectivity index (χ1v) is 8.78. The van der Waals surface area contributed by atoms with Gasteiger partial charge in [-0.05, 0) is 30.2 Å². The predicted octanol–water partition coefficient (Wildman–Crippen LogP) is 3.18. The minimum Gasteiger partial charge on any atom is -0.324 e. The van der Waals surface area contributed by atoms with E-state index in [1.807, 2.05) is 15.9 Å². The number of H-pyrrole nitrogens is 1. The van der Waals surface area contributed by atoms with E-state index in [-0.39, 0.29) is 6.03 Å². The van der Waals surface area contributed by atoms with Gasteiger partial charge in [0.25, 0.3) is 0 Å². The number of benzene rings is 1. The van der Waals surface area contributed by atoms with Crippen molar-refractivity contribution in [2.75, 3.05) is 26.2 Å². The van der Waals surface area contributed by atoms with Gasteiger partial charge in [0, 0.05) is 54.4 Å². The molecular weight excluding hydrogens is 356 g/mol. The number of amides is 2. The third-order valence-corrected chi connectivity index (χ3v) is 5.44. The van der Waals surface area contributed by atoms with Crippen molar-refractivity contribution in [3.8, 4) is 0 Å². The summed E-state index contributed by atoms with van der Waals surface area (Å²) in [6, 6.07) is 10.6. The van der Waals surface area contributed by atoms with Crippen LogP contribution < -0.4 is 0 Å². The highest BCUT2D eigenvalue weighted by Gasteiger charge is 2.37. The van der Waals surface area contributed by atoms with Gasteiger partial charge in [-0.1, -0.05) is 28.1 Å². The van der Waals surface area contributed by atoms with Crippen molar-refractivity contribution < 1.29 is 4.79 Å². The Balaban J connectivity index is 1.32. The molecule has 0 bridgehead atoms. The molecule has 1 aromatic heterocycles. The number of likely N-dealkylation sites (tertiary alicyclic amines) is 2. The highest BCUT2D eigenvalue weighted by atomic mass is 79.9. The molecule has 0 aliphatic carbocycles. The normalized spacial score (nSPS) is 21.5. The van der Waals surface area contributed by atoms with Crippen molar-refractivity contribution in [1.29, 1.82) is 0 Å². The summed E-state index contributed by atoms with van der Waals surface area (Å²) in [5.74, 6) is 0.864. The van der Waals surface area contributed by atoms with Gasteiger partial charge in [0.15, 0.2) is 0 Å². The summed E-state index contributed by atoms with van der Waals surface area (Å²) in [4.78, 5) is 16.5. The number of nitrogens with one attached hydrogen (secondary N) is 1. The lowest BCUT2D eigenvalue weighted by Gasteiger charge is -2.41. The Bertz CT molecular complexity index is 679. The number of carbonyl (C=O) groups excluding carboxylic acids is 1. The average molecular weight is 375 g/mol. The zero-order chi connectivity index (χ0) is 15.8. The maximum atomic E-state index is 12.6. The van der Waals surface area contributed by atoms with Crippen LogP contribution in [0.3, 0.4) is 0 Å². The third kappa shape index (κ3) is 2.87. The van der Waals surface area contributed by atoms with Crippen LogP contribution in [-0.4, -0.2) is 52.2 Å². The second kappa shape index (κ2) is 6.00. The molecule has 2 amide bonds. The molecule has 5 nitrogen and oxygen atoms in total. The van der Waals surface area contributed by atoms with Crippen LogP contribution >= 0.6 is 15.9 Å². The van der Waals surface area contributed by atoms with Crippen LogP contribution in [0.4, 0.5) is 4.79 Å². The molecule has 4 rings (SSSR count). The molecule has 1 N–H and O–H groups in total. The van der Waals surface area contributed by atoms with Crippen LogP contribution in [0.25, 0.3) is 0 Å². The number of halogens is 1. The monoisotopic (exact) mass is 374 g/mol. The molecule has 0 radical (unpaired) electrons. The molecule has 120 valence electrons. The SMILES string of the molecule is O=C(N1CC(c2ccc(Br)cc2)C1)N1CCC(c2ccn[nH]2)C1. The molecule has 0 saturated carbocycles. The van der Waals surface area contributed by atoms with Gasteiger partial charge in [-0.15, -0.1) is 0 Å². The lowest BCUT2D eigenvalue weighted by molar-refractivity contribution is 0.121. The maximum absolute atomic E-state index is 12.6. The zero-order valence-electron chi connectivity index (χ0n) is 12.8. The van der Waals surface area contributed by atoms with Gasteiger partial charge < -0.3 is 9.80 Å². The van der Waals surface area contributed by atoms with Crippen LogP contribution in [-0.2, 0) is 0 Å². The number of hydrogen-bond donors (Lipinski definition) is 1. The lowest BCUT2D eigenvalue weighted by atomic mass is 9.92. The van der Waals surface area contributed by atoms with Crippen molar-refractivity contribution >= 4 is 22.0 Å². The van der Waals surface area contributed by atoms with Crippen molar-refractivity contribution in [3.05, 3.63) is 52.3 Å². The van der Waals surface area contributed by atoms with Gasteiger partial charge in [0.05, 0.1) is 0 Å². The largest absolute Gasteiger partial charge is 0.324 e. The Labute approximate surface area is 143 Å². The van der Waals surface area contributed by atoms with Gasteiger partial charge >= 0.3 is 6.03 Å². The smallest absolute Gasteiger partial charge is 0.320 e. The van der Waals surface area contributed by atoms with Crippen LogP contribution in [0.2, 0.25) is 0 Å². The van der Waals surface area contributed by atoms with E-state index in [1.165, 1.54) is 5.56 Å². The van der Waals surface area contributed by atoms with Crippen LogP contribution in [0, 0.1) is 0 Å². The predicted molar refractivity (Wildman–Crippen MR) is 91.4 cm³/mol. The molecule has 2 aliphatic heterocycles. The summed E-state index contributed by atoms with van der Waals surface area (Å²) in [5.41, 5.74) is 2.45. The number of urea groups is 1. The number of aromatic nitrogens is 2. The molecule has 2 aliphatic rings. The molecule has 1 aromatic carbocycles. The number of carbonyl (C=O) groups is 1. The first kappa shape index (κ1) is 14.8. The quantitative estimate of drug-likeness (QED) is 0.877. The van der Waals surface area contributed by atoms with Crippen LogP contribution in [0.1, 0.15) is 29.5 Å². The Morgan fingerprint density at radius 2 is 1.83 bits per heavy atom. The van der Waals surface area contributed by atoms with Crippen molar-refractivity contribution in [2.24, 2.45) is 0 Å². The Morgan fingerprint density at radius 1 is 1.09 bits per heavy atom. The van der Waals surface area contributed by atoms with E-state index in [0.717, 1.165) is 42.8 Å². The van der Waals surface area contributed by atoms with E-state index in [1.54, 1.807) is 6.20 Å². The molecule has 3 heterocycles. The number of nitrogens with zero attached hydrogens (tertiary/aromatic N) is 3. The molecule has 2 fully saturated rings. The fourth-order valence-corrected chi connectivity index (χ4v) is 3.73. The number of rotatable bonds is 2. The van der Waals surface area contributed by atoms with Gasteiger partial charge in [0.2, 0.25) is 0 Å². The average Bonchev–Trinajstić information content (AvgIpc) is 3.18. The lowest BCUT2D eigenvalue weighted by Crippen LogP contribution is -2.53. The zero-order valence-corrected chi connectivity index (χ0v) is 14.4. The molecule has 23 heavy (non-hydrogen) atoms. The number of hydrogen-bond acceptors (Lipinski definition) is 2. The standard InChI is InChI=1S/C17H19BrN4O/c18-15-3-1-12(2-4-15)14-10-22(11-14)17(23)21-8-6-13(9-21)16-5-7-19-20-16/h1-5,7,13-14H,6,8-11H2,(H,19,20). The van der Waals surface area contributed by atoms with Gasteiger partial charge in [-0.25, -0.2) is 4.79 Å². The molecule has 2 aromatic rings. The summed E-state index contributed by atoms with van der Waals surface area (Å²) in [6.07, 6.45) is 2.79. The van der Waals surface area contributed by atoms with E-state index >= 15 is 0 Å². The fourth-order valence-electron chi connectivity index (χ4n) is 3.46. The Hall–Kier alpha value is -1.82. The summed E-state index contributed by atoms with van der Waals surface area (Å²) in [6.45, 7) is 3.28. The highest BCUT2D eigenvalue weighted by Crippen LogP contribution is 2.31. The number of aromatic amines is 1. The summed E-state index contributed by atoms with van der Waals surface area (Å²) in [7, 11) is 0. The fraction of sp³-hybridized carbons (Fsp3) is 0.412. The first-order valence-electron chi connectivity index (χ1n) is 7.99. The topological polar surface area (TPSA) is 52.2 Å². The molecule has 1 unspecified atom stereocenters. The minimum absolute atomic E-state index is 0.181. The van der Waals surface area contributed by atoms with Gasteiger partial charge in [0.1, 0.15) is 0 Å². The second-order valence-corrected chi connectivity index (χ2v) is 7.30. The second-order valence-electron chi connectivity index (χ2n) is 6.38. The third-order valence-electron chi connectivity index (χ3n) is 4.91. The van der Waals surface area contributed by atoms with Crippen LogP contribution in [0.15, 0.2) is 41.0 Å². The summed E-state index contributed by atoms with van der Waals surface area (Å²) < 4.78 is 1.09. The van der Waals surface area contributed by atoms with Crippen molar-refractivity contribution in [1.82, 2.24) is 20.0 Å². The molecule has 0 spiro atoms. The van der Waals surface area contributed by atoms with Gasteiger partial charge in [-0.3, -0.25) is 5.10 Å². The Kier molecular flexibility index (Phi) is 3.85. The Morgan fingerprint density at radius 3 is 2.52 bits per heavy atom. The van der Waals surface area contributed by atoms with Crippen molar-refractivity contribution in [2.45, 2.75) is 18.3 Å². The minimum atomic E-state index is 0.181. The summed E-state index contributed by atoms with van der Waals surface area (Å²) in [5, 5.41) is 7.03. The van der Waals surface area contributed by atoms with E-state index in [9.17, 15) is 4.79 Å². The van der Waals surface area contributed by atoms with Crippen LogP contribution in [0.5, 0.6) is 0 Å². The van der Waals surface area contributed by atoms with E-state index in [0.29, 0.717) is 11.8 Å². The maximum Gasteiger partial charge on any atom is 0.320 e. The molecular formula is C17H19BrN4O. The van der Waals surface area contributed by atoms with E-state index < -0.39 is 0 Å². The first-order chi connectivity index (χ1) is 11.2. The molecule has 6 heteroatoms. The highest BCUT2D eigenvalue weighted by molar-refractivity contribution is 9.10. The van der Waals surface area contributed by atoms with E-state index in [2.05, 4.69) is 50.4 Å². The van der Waals surface area contributed by atoms with Crippen molar-refractivity contribution in [3.63, 3.8) is 0 Å². The summed E-state index contributed by atoms with van der Waals surface area (Å²) >= 11 is 3.46. The molecule has 1 atom stereocenters. The van der Waals surface area contributed by atoms with Gasteiger partial charge in [-0.2, -0.15) is 5.10 Å². The van der Waals surface area contributed by atoms with E-state index in [4.69, 9.17) is 0 Å².